The summed E-state index contributed by atoms with van der Waals surface area (Å²) in [5.74, 6) is -1.42. The van der Waals surface area contributed by atoms with E-state index in [-0.39, 0.29) is 0 Å². The van der Waals surface area contributed by atoms with E-state index >= 15 is 0 Å². The molecule has 0 amide bonds. The van der Waals surface area contributed by atoms with E-state index in [2.05, 4.69) is 4.98 Å². The first kappa shape index (κ1) is 12.9. The van der Waals surface area contributed by atoms with Crippen molar-refractivity contribution < 1.29 is 19.3 Å². The zero-order valence-corrected chi connectivity index (χ0v) is 9.23. The van der Waals surface area contributed by atoms with E-state index in [1.54, 1.807) is 0 Å². The number of hydrogen-bond donors (Lipinski definition) is 4. The maximum Gasteiger partial charge on any atom is 0.351 e. The summed E-state index contributed by atoms with van der Waals surface area (Å²) in [5, 5.41) is 18.6. The second-order valence-electron chi connectivity index (χ2n) is 3.98. The fraction of sp³-hybridized carbons (Fsp3) is 0.556. The first-order valence-corrected chi connectivity index (χ1v) is 5.20. The molecule has 100 valence electrons. The van der Waals surface area contributed by atoms with E-state index in [0.717, 1.165) is 10.8 Å². The average Bonchev–Trinajstić information content (AvgIpc) is 2.61. The van der Waals surface area contributed by atoms with Crippen LogP contribution < -0.4 is 17.2 Å². The van der Waals surface area contributed by atoms with E-state index < -0.39 is 48.4 Å². The van der Waals surface area contributed by atoms with Crippen molar-refractivity contribution >= 4 is 5.82 Å². The van der Waals surface area contributed by atoms with Gasteiger partial charge in [0.2, 0.25) is 0 Å². The minimum Gasteiger partial charge on any atom is -0.394 e. The summed E-state index contributed by atoms with van der Waals surface area (Å²) in [5.41, 5.74) is 9.95. The highest BCUT2D eigenvalue weighted by atomic mass is 19.1. The number of aromatic nitrogens is 2. The summed E-state index contributed by atoms with van der Waals surface area (Å²) in [6.45, 7) is -0.467. The number of rotatable bonds is 2. The standard InChI is InChI=1S/C9H13FN4O4/c10-3-1-14(9(17)13-7(3)12)8-5(11)6(16)4(2-15)18-8/h1,4-6,8,15-16H,2,11H2,(H2,12,13,17)/t4-,5-,6-,8-/m1/s1. The number of nitrogens with zero attached hydrogens (tertiary/aromatic N) is 2. The lowest BCUT2D eigenvalue weighted by Crippen LogP contribution is -2.42. The van der Waals surface area contributed by atoms with Crippen LogP contribution in [0.15, 0.2) is 11.0 Å². The van der Waals surface area contributed by atoms with Crippen LogP contribution in [0.1, 0.15) is 6.23 Å². The first-order valence-electron chi connectivity index (χ1n) is 5.20. The van der Waals surface area contributed by atoms with E-state index in [4.69, 9.17) is 21.3 Å². The molecule has 0 saturated carbocycles. The van der Waals surface area contributed by atoms with Gasteiger partial charge in [-0.25, -0.2) is 9.18 Å². The molecule has 9 heteroatoms. The van der Waals surface area contributed by atoms with Crippen LogP contribution in [0, 0.1) is 5.82 Å². The van der Waals surface area contributed by atoms with Crippen LogP contribution in [-0.4, -0.2) is 44.6 Å². The van der Waals surface area contributed by atoms with Crippen LogP contribution in [0.25, 0.3) is 0 Å². The van der Waals surface area contributed by atoms with Gasteiger partial charge in [-0.1, -0.05) is 0 Å². The maximum absolute atomic E-state index is 13.3. The van der Waals surface area contributed by atoms with Gasteiger partial charge < -0.3 is 26.4 Å². The lowest BCUT2D eigenvalue weighted by atomic mass is 10.1. The fourth-order valence-corrected chi connectivity index (χ4v) is 1.81. The van der Waals surface area contributed by atoms with Crippen LogP contribution in [0.4, 0.5) is 10.2 Å². The Kier molecular flexibility index (Phi) is 3.30. The Morgan fingerprint density at radius 3 is 2.83 bits per heavy atom. The van der Waals surface area contributed by atoms with Gasteiger partial charge in [-0.15, -0.1) is 0 Å². The predicted octanol–water partition coefficient (Wildman–Crippen LogP) is -2.46. The zero-order valence-electron chi connectivity index (χ0n) is 9.23. The number of nitrogen functional groups attached to an aromatic ring is 1. The molecule has 0 bridgehead atoms. The molecule has 1 aliphatic rings. The van der Waals surface area contributed by atoms with E-state index in [1.807, 2.05) is 0 Å². The van der Waals surface area contributed by atoms with Gasteiger partial charge in [-0.3, -0.25) is 4.57 Å². The molecule has 1 fully saturated rings. The van der Waals surface area contributed by atoms with Crippen molar-refractivity contribution in [3.8, 4) is 0 Å². The molecule has 0 unspecified atom stereocenters. The lowest BCUT2D eigenvalue weighted by molar-refractivity contribution is -0.0467. The third-order valence-electron chi connectivity index (χ3n) is 2.81. The normalized spacial score (nSPS) is 31.8. The van der Waals surface area contributed by atoms with E-state index in [0.29, 0.717) is 0 Å². The largest absolute Gasteiger partial charge is 0.394 e. The van der Waals surface area contributed by atoms with E-state index in [1.165, 1.54) is 0 Å². The summed E-state index contributed by atoms with van der Waals surface area (Å²) in [6.07, 6.45) is -2.39. The van der Waals surface area contributed by atoms with Crippen molar-refractivity contribution in [2.24, 2.45) is 5.73 Å². The Hall–Kier alpha value is -1.55. The van der Waals surface area contributed by atoms with Crippen LogP contribution in [-0.2, 0) is 4.74 Å². The van der Waals surface area contributed by atoms with Crippen molar-refractivity contribution in [3.05, 3.63) is 22.5 Å². The molecule has 6 N–H and O–H groups in total. The summed E-state index contributed by atoms with van der Waals surface area (Å²) in [6, 6.07) is -0.982. The molecule has 1 saturated heterocycles. The van der Waals surface area contributed by atoms with Gasteiger partial charge in [-0.2, -0.15) is 4.98 Å². The predicted molar refractivity (Wildman–Crippen MR) is 57.8 cm³/mol. The molecule has 0 aliphatic carbocycles. The highest BCUT2D eigenvalue weighted by molar-refractivity contribution is 5.26. The molecule has 0 spiro atoms. The molecule has 0 radical (unpaired) electrons. The second-order valence-corrected chi connectivity index (χ2v) is 3.98. The minimum absolute atomic E-state index is 0.467. The number of hydrogen-bond acceptors (Lipinski definition) is 7. The summed E-state index contributed by atoms with van der Waals surface area (Å²) in [7, 11) is 0. The van der Waals surface area contributed by atoms with Crippen LogP contribution in [0.5, 0.6) is 0 Å². The first-order chi connectivity index (χ1) is 8.45. The Balaban J connectivity index is 2.39. The summed E-state index contributed by atoms with van der Waals surface area (Å²) < 4.78 is 19.2. The highest BCUT2D eigenvalue weighted by Gasteiger charge is 2.42. The number of aliphatic hydroxyl groups excluding tert-OH is 2. The van der Waals surface area contributed by atoms with Crippen LogP contribution >= 0.6 is 0 Å². The molecule has 2 heterocycles. The van der Waals surface area contributed by atoms with Gasteiger partial charge in [0, 0.05) is 0 Å². The third kappa shape index (κ3) is 1.97. The summed E-state index contributed by atoms with van der Waals surface area (Å²) >= 11 is 0. The quantitative estimate of drug-likeness (QED) is 0.463. The molecular formula is C9H13FN4O4. The number of anilines is 1. The SMILES string of the molecule is Nc1nc(=O)n([C@@H]2O[C@H](CO)[C@@H](O)[C@H]2N)cc1F. The molecule has 0 aromatic carbocycles. The Morgan fingerprint density at radius 1 is 1.61 bits per heavy atom. The fourth-order valence-electron chi connectivity index (χ4n) is 1.81. The zero-order chi connectivity index (χ0) is 13.4. The van der Waals surface area contributed by atoms with Crippen molar-refractivity contribution in [1.29, 1.82) is 0 Å². The smallest absolute Gasteiger partial charge is 0.351 e. The number of ether oxygens (including phenoxy) is 1. The molecule has 1 aliphatic heterocycles. The van der Waals surface area contributed by atoms with Crippen molar-refractivity contribution in [2.75, 3.05) is 12.3 Å². The maximum atomic E-state index is 13.3. The molecule has 1 aromatic rings. The Labute approximate surface area is 101 Å². The van der Waals surface area contributed by atoms with Crippen LogP contribution in [0.2, 0.25) is 0 Å². The van der Waals surface area contributed by atoms with Gasteiger partial charge in [0.1, 0.15) is 12.2 Å². The van der Waals surface area contributed by atoms with Gasteiger partial charge in [0.15, 0.2) is 17.9 Å². The second kappa shape index (κ2) is 4.61. The van der Waals surface area contributed by atoms with Crippen molar-refractivity contribution in [3.63, 3.8) is 0 Å². The Bertz CT molecular complexity index is 508. The summed E-state index contributed by atoms with van der Waals surface area (Å²) in [4.78, 5) is 14.8. The van der Waals surface area contributed by atoms with E-state index in [9.17, 15) is 14.3 Å². The molecule has 4 atom stereocenters. The van der Waals surface area contributed by atoms with Crippen LogP contribution in [0.3, 0.4) is 0 Å². The van der Waals surface area contributed by atoms with Crippen molar-refractivity contribution in [1.82, 2.24) is 9.55 Å². The molecule has 2 rings (SSSR count). The number of aliphatic hydroxyl groups is 2. The lowest BCUT2D eigenvalue weighted by Gasteiger charge is -2.17. The molecule has 18 heavy (non-hydrogen) atoms. The van der Waals surface area contributed by atoms with Gasteiger partial charge >= 0.3 is 5.69 Å². The number of halogens is 1. The molecule has 1 aromatic heterocycles. The highest BCUT2D eigenvalue weighted by Crippen LogP contribution is 2.26. The van der Waals surface area contributed by atoms with Gasteiger partial charge in [0.05, 0.1) is 18.8 Å². The topological polar surface area (TPSA) is 137 Å². The third-order valence-corrected chi connectivity index (χ3v) is 2.81. The molecular weight excluding hydrogens is 247 g/mol. The van der Waals surface area contributed by atoms with Gasteiger partial charge in [0.25, 0.3) is 0 Å². The molecule has 8 nitrogen and oxygen atoms in total. The minimum atomic E-state index is -1.16. The number of nitrogens with two attached hydrogens (primary N) is 2. The van der Waals surface area contributed by atoms with Gasteiger partial charge in [-0.05, 0) is 0 Å². The van der Waals surface area contributed by atoms with Crippen molar-refractivity contribution in [2.45, 2.75) is 24.5 Å². The monoisotopic (exact) mass is 260 g/mol. The Morgan fingerprint density at radius 2 is 2.28 bits per heavy atom. The average molecular weight is 260 g/mol.